The van der Waals surface area contributed by atoms with Crippen LogP contribution in [0.15, 0.2) is 59.1 Å². The van der Waals surface area contributed by atoms with E-state index < -0.39 is 5.97 Å². The van der Waals surface area contributed by atoms with Crippen LogP contribution >= 0.6 is 0 Å². The molecule has 35 heavy (non-hydrogen) atoms. The molecule has 7 heteroatoms. The Morgan fingerprint density at radius 2 is 1.83 bits per heavy atom. The minimum Gasteiger partial charge on any atom is -0.478 e. The third-order valence-electron chi connectivity index (χ3n) is 8.03. The molecule has 2 aromatic carbocycles. The molecule has 2 saturated carbocycles. The van der Waals surface area contributed by atoms with Crippen LogP contribution in [0.5, 0.6) is 0 Å². The van der Waals surface area contributed by atoms with Crippen LogP contribution in [0.4, 0.5) is 0 Å². The van der Waals surface area contributed by atoms with Crippen molar-refractivity contribution in [3.05, 3.63) is 83.0 Å². The average Bonchev–Trinajstić information content (AvgIpc) is 3.80. The summed E-state index contributed by atoms with van der Waals surface area (Å²) < 4.78 is 5.77. The topological polar surface area (TPSA) is 91.5 Å². The molecule has 0 amide bonds. The van der Waals surface area contributed by atoms with Crippen LogP contribution in [0.1, 0.15) is 77.1 Å². The minimum absolute atomic E-state index is 0.0500. The van der Waals surface area contributed by atoms with Crippen molar-refractivity contribution in [3.63, 3.8) is 0 Å². The fraction of sp³-hybridized carbons (Fsp3) is 0.464. The standard InChI is InChI=1S/C28H32N4O3/c33-26(34)22-8-6-19(7-9-22)17-32-14-10-21(11-15-32)25-30-27(31-35-25)28(12-13-28)18-29-24-16-23(24)20-4-2-1-3-5-20/h1-9,21,23-24,29H,10-18H2,(H,33,34)/t23?,24-/m0/s1. The second kappa shape index (κ2) is 9.21. The molecule has 3 fully saturated rings. The second-order valence-corrected chi connectivity index (χ2v) is 10.5. The normalized spacial score (nSPS) is 23.8. The summed E-state index contributed by atoms with van der Waals surface area (Å²) in [6.07, 6.45) is 5.46. The number of nitrogens with one attached hydrogen (secondary N) is 1. The molecule has 0 bridgehead atoms. The lowest BCUT2D eigenvalue weighted by molar-refractivity contribution is 0.0697. The van der Waals surface area contributed by atoms with E-state index in [0.717, 1.165) is 69.1 Å². The van der Waals surface area contributed by atoms with Gasteiger partial charge in [0.15, 0.2) is 5.82 Å². The number of hydrogen-bond donors (Lipinski definition) is 2. The first kappa shape index (κ1) is 22.4. The predicted molar refractivity (Wildman–Crippen MR) is 131 cm³/mol. The molecular formula is C28H32N4O3. The summed E-state index contributed by atoms with van der Waals surface area (Å²) in [5.41, 5.74) is 2.95. The van der Waals surface area contributed by atoms with Crippen LogP contribution in [0, 0.1) is 0 Å². The molecule has 2 heterocycles. The Kier molecular flexibility index (Phi) is 5.90. The molecule has 6 rings (SSSR count). The highest BCUT2D eigenvalue weighted by Crippen LogP contribution is 2.48. The van der Waals surface area contributed by atoms with Crippen molar-refractivity contribution in [2.45, 2.75) is 61.9 Å². The average molecular weight is 473 g/mol. The molecular weight excluding hydrogens is 440 g/mol. The highest BCUT2D eigenvalue weighted by molar-refractivity contribution is 5.87. The van der Waals surface area contributed by atoms with Gasteiger partial charge in [0.1, 0.15) is 0 Å². The molecule has 1 saturated heterocycles. The highest BCUT2D eigenvalue weighted by atomic mass is 16.5. The molecule has 3 aromatic rings. The van der Waals surface area contributed by atoms with Gasteiger partial charge in [-0.15, -0.1) is 0 Å². The molecule has 7 nitrogen and oxygen atoms in total. The maximum Gasteiger partial charge on any atom is 0.335 e. The van der Waals surface area contributed by atoms with Gasteiger partial charge in [0.25, 0.3) is 0 Å². The van der Waals surface area contributed by atoms with E-state index in [1.807, 2.05) is 12.1 Å². The van der Waals surface area contributed by atoms with Crippen molar-refractivity contribution in [2.75, 3.05) is 19.6 Å². The number of carbonyl (C=O) groups is 1. The Bertz CT molecular complexity index is 1160. The molecule has 2 N–H and O–H groups in total. The summed E-state index contributed by atoms with van der Waals surface area (Å²) in [6, 6.07) is 18.5. The zero-order valence-electron chi connectivity index (χ0n) is 19.9. The SMILES string of the molecule is O=C(O)c1ccc(CN2CCC(c3nc(C4(CN[C@H]5CC5c5ccccc5)CC4)no3)CC2)cc1. The number of nitrogens with zero attached hydrogens (tertiary/aromatic N) is 3. The van der Waals surface area contributed by atoms with Gasteiger partial charge in [-0.25, -0.2) is 4.79 Å². The third-order valence-corrected chi connectivity index (χ3v) is 8.03. The Labute approximate surface area is 205 Å². The summed E-state index contributed by atoms with van der Waals surface area (Å²) in [4.78, 5) is 18.3. The van der Waals surface area contributed by atoms with Crippen molar-refractivity contribution in [1.29, 1.82) is 0 Å². The molecule has 2 atom stereocenters. The number of likely N-dealkylation sites (tertiary alicyclic amines) is 1. The zero-order valence-corrected chi connectivity index (χ0v) is 19.9. The second-order valence-electron chi connectivity index (χ2n) is 10.5. The van der Waals surface area contributed by atoms with Gasteiger partial charge in [-0.1, -0.05) is 47.6 Å². The lowest BCUT2D eigenvalue weighted by Crippen LogP contribution is -2.32. The zero-order chi connectivity index (χ0) is 23.8. The quantitative estimate of drug-likeness (QED) is 0.479. The summed E-state index contributed by atoms with van der Waals surface area (Å²) in [5, 5.41) is 17.3. The van der Waals surface area contributed by atoms with Crippen molar-refractivity contribution in [3.8, 4) is 0 Å². The van der Waals surface area contributed by atoms with Gasteiger partial charge in [0.05, 0.1) is 5.56 Å². The molecule has 0 radical (unpaired) electrons. The van der Waals surface area contributed by atoms with Crippen LogP contribution in [-0.2, 0) is 12.0 Å². The van der Waals surface area contributed by atoms with Gasteiger partial charge in [0.2, 0.25) is 5.89 Å². The Morgan fingerprint density at radius 3 is 2.51 bits per heavy atom. The number of rotatable bonds is 9. The smallest absolute Gasteiger partial charge is 0.335 e. The first-order valence-corrected chi connectivity index (χ1v) is 12.8. The molecule has 182 valence electrons. The molecule has 1 unspecified atom stereocenters. The van der Waals surface area contributed by atoms with E-state index in [2.05, 4.69) is 45.7 Å². The molecule has 3 aliphatic rings. The van der Waals surface area contributed by atoms with Crippen LogP contribution in [0.25, 0.3) is 0 Å². The van der Waals surface area contributed by atoms with Crippen LogP contribution < -0.4 is 5.32 Å². The first-order valence-electron chi connectivity index (χ1n) is 12.8. The van der Waals surface area contributed by atoms with Crippen LogP contribution in [-0.4, -0.2) is 51.8 Å². The highest BCUT2D eigenvalue weighted by Gasteiger charge is 2.50. The molecule has 1 aromatic heterocycles. The summed E-state index contributed by atoms with van der Waals surface area (Å²) >= 11 is 0. The van der Waals surface area contributed by atoms with Crippen LogP contribution in [0.3, 0.4) is 0 Å². The number of benzene rings is 2. The Morgan fingerprint density at radius 1 is 1.09 bits per heavy atom. The maximum absolute atomic E-state index is 11.0. The molecule has 1 aliphatic heterocycles. The summed E-state index contributed by atoms with van der Waals surface area (Å²) in [7, 11) is 0. The minimum atomic E-state index is -0.885. The number of carboxylic acid groups (broad SMARTS) is 1. The fourth-order valence-corrected chi connectivity index (χ4v) is 5.41. The van der Waals surface area contributed by atoms with Gasteiger partial charge in [-0.2, -0.15) is 4.98 Å². The van der Waals surface area contributed by atoms with E-state index in [0.29, 0.717) is 23.4 Å². The van der Waals surface area contributed by atoms with Gasteiger partial charge >= 0.3 is 5.97 Å². The summed E-state index contributed by atoms with van der Waals surface area (Å²) in [5.74, 6) is 1.75. The number of hydrogen-bond acceptors (Lipinski definition) is 6. The van der Waals surface area contributed by atoms with E-state index in [1.165, 1.54) is 12.0 Å². The van der Waals surface area contributed by atoms with Crippen LogP contribution in [0.2, 0.25) is 0 Å². The Balaban J connectivity index is 0.995. The number of piperidine rings is 1. The lowest BCUT2D eigenvalue weighted by Gasteiger charge is -2.30. The van der Waals surface area contributed by atoms with Crippen molar-refractivity contribution < 1.29 is 14.4 Å². The van der Waals surface area contributed by atoms with Crippen molar-refractivity contribution in [1.82, 2.24) is 20.4 Å². The predicted octanol–water partition coefficient (Wildman–Crippen LogP) is 4.32. The number of aromatic nitrogens is 2. The molecule has 0 spiro atoms. The molecule has 2 aliphatic carbocycles. The number of carboxylic acids is 1. The monoisotopic (exact) mass is 472 g/mol. The Hall–Kier alpha value is -3.03. The largest absolute Gasteiger partial charge is 0.478 e. The number of aromatic carboxylic acids is 1. The fourth-order valence-electron chi connectivity index (χ4n) is 5.41. The van der Waals surface area contributed by atoms with Crippen molar-refractivity contribution >= 4 is 5.97 Å². The van der Waals surface area contributed by atoms with Gasteiger partial charge in [-0.05, 0) is 68.5 Å². The van der Waals surface area contributed by atoms with E-state index in [-0.39, 0.29) is 5.41 Å². The summed E-state index contributed by atoms with van der Waals surface area (Å²) in [6.45, 7) is 3.71. The third kappa shape index (κ3) is 4.88. The van der Waals surface area contributed by atoms with Crippen molar-refractivity contribution in [2.24, 2.45) is 0 Å². The maximum atomic E-state index is 11.0. The van der Waals surface area contributed by atoms with Gasteiger partial charge in [0, 0.05) is 36.4 Å². The van der Waals surface area contributed by atoms with E-state index in [9.17, 15) is 4.79 Å². The van der Waals surface area contributed by atoms with E-state index in [1.54, 1.807) is 12.1 Å². The van der Waals surface area contributed by atoms with Gasteiger partial charge in [-0.3, -0.25) is 4.90 Å². The lowest BCUT2D eigenvalue weighted by atomic mass is 9.96. The van der Waals surface area contributed by atoms with Gasteiger partial charge < -0.3 is 14.9 Å². The van der Waals surface area contributed by atoms with E-state index in [4.69, 9.17) is 14.6 Å². The first-order chi connectivity index (χ1) is 17.1. The van der Waals surface area contributed by atoms with E-state index >= 15 is 0 Å².